The van der Waals surface area contributed by atoms with Crippen molar-refractivity contribution in [2.75, 3.05) is 13.1 Å². The highest BCUT2D eigenvalue weighted by Gasteiger charge is 2.10. The van der Waals surface area contributed by atoms with Crippen molar-refractivity contribution < 1.29 is 0 Å². The summed E-state index contributed by atoms with van der Waals surface area (Å²) in [4.78, 5) is 2.30. The molecule has 0 spiro atoms. The van der Waals surface area contributed by atoms with E-state index in [1.165, 1.54) is 128 Å². The van der Waals surface area contributed by atoms with E-state index in [4.69, 9.17) is 24.8 Å². The van der Waals surface area contributed by atoms with E-state index in [0.717, 1.165) is 19.0 Å². The first kappa shape index (κ1) is 30.1. The fourth-order valence-corrected chi connectivity index (χ4v) is 4.67. The Morgan fingerprint density at radius 3 is 1.40 bits per heavy atom. The molecule has 1 nitrogen and oxygen atoms in total. The molecule has 0 bridgehead atoms. The molecule has 0 aromatic carbocycles. The Balaban J connectivity index is 3.50. The molecule has 0 aliphatic heterocycles. The van der Waals surface area contributed by atoms with Crippen molar-refractivity contribution in [3.05, 3.63) is 0 Å². The highest BCUT2D eigenvalue weighted by Crippen LogP contribution is 2.16. The second-order valence-corrected chi connectivity index (χ2v) is 10.5. The maximum Gasteiger partial charge on any atom is 0.0190 e. The number of nitrogens with zero attached hydrogens (tertiary/aromatic N) is 1. The first-order chi connectivity index (χ1) is 14.7. The van der Waals surface area contributed by atoms with Crippen LogP contribution in [0.3, 0.4) is 0 Å². The van der Waals surface area contributed by atoms with Gasteiger partial charge in [-0.05, 0) is 18.8 Å². The van der Waals surface area contributed by atoms with Crippen LogP contribution in [-0.4, -0.2) is 22.3 Å². The summed E-state index contributed by atoms with van der Waals surface area (Å²) in [6.07, 6.45) is 27.9. The van der Waals surface area contributed by atoms with Crippen LogP contribution in [0.25, 0.3) is 0 Å². The molecule has 0 rings (SSSR count). The van der Waals surface area contributed by atoms with Crippen LogP contribution in [0.5, 0.6) is 0 Å². The standard InChI is InChI=1S/C27H55NS2/c1-4-7-9-10-11-12-13-14-15-16-17-18-19-20-21-22-24-28(27(29)30)25-26(6-3)23-8-5-2/h26H,4-25H2,1-3H3,(H,29,30)/p-1. The van der Waals surface area contributed by atoms with Gasteiger partial charge in [0.25, 0.3) is 0 Å². The van der Waals surface area contributed by atoms with E-state index < -0.39 is 0 Å². The van der Waals surface area contributed by atoms with E-state index in [0.29, 0.717) is 4.32 Å². The average molecular weight is 457 g/mol. The summed E-state index contributed by atoms with van der Waals surface area (Å²) in [6, 6.07) is 0. The van der Waals surface area contributed by atoms with E-state index in [1.54, 1.807) is 0 Å². The quantitative estimate of drug-likeness (QED) is 0.0855. The van der Waals surface area contributed by atoms with Gasteiger partial charge in [-0.3, -0.25) is 0 Å². The summed E-state index contributed by atoms with van der Waals surface area (Å²) in [6.45, 7) is 9.03. The molecule has 180 valence electrons. The van der Waals surface area contributed by atoms with Crippen molar-refractivity contribution >= 4 is 29.2 Å². The van der Waals surface area contributed by atoms with E-state index in [1.807, 2.05) is 0 Å². The summed E-state index contributed by atoms with van der Waals surface area (Å²) in [5, 5.41) is 0. The van der Waals surface area contributed by atoms with Gasteiger partial charge >= 0.3 is 0 Å². The zero-order valence-corrected chi connectivity index (χ0v) is 22.5. The Morgan fingerprint density at radius 1 is 0.633 bits per heavy atom. The maximum atomic E-state index is 5.35. The lowest BCUT2D eigenvalue weighted by Crippen LogP contribution is -2.34. The predicted molar refractivity (Wildman–Crippen MR) is 144 cm³/mol. The minimum absolute atomic E-state index is 0.686. The second kappa shape index (κ2) is 23.8. The van der Waals surface area contributed by atoms with E-state index >= 15 is 0 Å². The Kier molecular flexibility index (Phi) is 23.9. The van der Waals surface area contributed by atoms with Crippen LogP contribution in [0.1, 0.15) is 149 Å². The number of thiocarbonyl (C=S) groups is 1. The summed E-state index contributed by atoms with van der Waals surface area (Å²) in [5.41, 5.74) is 0. The number of hydrogen-bond acceptors (Lipinski definition) is 2. The smallest absolute Gasteiger partial charge is 0.0190 e. The van der Waals surface area contributed by atoms with Crippen molar-refractivity contribution in [2.45, 2.75) is 149 Å². The van der Waals surface area contributed by atoms with Gasteiger partial charge in [-0.1, -0.05) is 141 Å². The molecule has 0 radical (unpaired) electrons. The fourth-order valence-electron chi connectivity index (χ4n) is 4.34. The van der Waals surface area contributed by atoms with Crippen LogP contribution >= 0.6 is 12.2 Å². The predicted octanol–water partition coefficient (Wildman–Crippen LogP) is 9.60. The SMILES string of the molecule is CCCCCCCCCCCCCCCCCCN(CC(CC)CCCC)C(=S)[S-]. The monoisotopic (exact) mass is 456 g/mol. The highest BCUT2D eigenvalue weighted by atomic mass is 32.1. The Morgan fingerprint density at radius 2 is 1.03 bits per heavy atom. The lowest BCUT2D eigenvalue weighted by Gasteiger charge is -2.32. The molecule has 0 heterocycles. The zero-order chi connectivity index (χ0) is 22.3. The largest absolute Gasteiger partial charge is 0.411 e. The molecule has 30 heavy (non-hydrogen) atoms. The summed E-state index contributed by atoms with van der Waals surface area (Å²) < 4.78 is 0.686. The molecule has 1 atom stereocenters. The third-order valence-electron chi connectivity index (χ3n) is 6.56. The molecule has 0 N–H and O–H groups in total. The molecular weight excluding hydrogens is 402 g/mol. The van der Waals surface area contributed by atoms with Crippen molar-refractivity contribution in [2.24, 2.45) is 5.92 Å². The minimum atomic E-state index is 0.686. The van der Waals surface area contributed by atoms with E-state index in [2.05, 4.69) is 25.7 Å². The van der Waals surface area contributed by atoms with Crippen LogP contribution < -0.4 is 0 Å². The highest BCUT2D eigenvalue weighted by molar-refractivity contribution is 8.00. The van der Waals surface area contributed by atoms with Gasteiger partial charge in [0.15, 0.2) is 0 Å². The van der Waals surface area contributed by atoms with Crippen molar-refractivity contribution in [1.82, 2.24) is 4.90 Å². The fraction of sp³-hybridized carbons (Fsp3) is 0.963. The van der Waals surface area contributed by atoms with Gasteiger partial charge < -0.3 is 29.7 Å². The molecule has 0 fully saturated rings. The van der Waals surface area contributed by atoms with Crippen molar-refractivity contribution in [3.8, 4) is 0 Å². The van der Waals surface area contributed by atoms with Gasteiger partial charge in [-0.2, -0.15) is 0 Å². The van der Waals surface area contributed by atoms with Crippen LogP contribution in [0.2, 0.25) is 0 Å². The molecule has 0 aliphatic carbocycles. The van der Waals surface area contributed by atoms with Crippen LogP contribution in [0, 0.1) is 5.92 Å². The average Bonchev–Trinajstić information content (AvgIpc) is 2.74. The zero-order valence-electron chi connectivity index (χ0n) is 20.9. The summed E-state index contributed by atoms with van der Waals surface area (Å²) in [5.74, 6) is 0.756. The lowest BCUT2D eigenvalue weighted by molar-refractivity contribution is 0.313. The summed E-state index contributed by atoms with van der Waals surface area (Å²) in [7, 11) is 0. The Labute approximate surface area is 202 Å². The number of rotatable bonds is 23. The normalized spacial score (nSPS) is 12.2. The molecule has 0 aliphatic rings. The molecule has 0 aromatic heterocycles. The van der Waals surface area contributed by atoms with Gasteiger partial charge in [-0.15, -0.1) is 0 Å². The van der Waals surface area contributed by atoms with Crippen LogP contribution in [0.4, 0.5) is 0 Å². The minimum Gasteiger partial charge on any atom is -0.411 e. The van der Waals surface area contributed by atoms with Gasteiger partial charge in [0, 0.05) is 13.1 Å². The molecule has 1 unspecified atom stereocenters. The second-order valence-electron chi connectivity index (χ2n) is 9.43. The molecule has 0 saturated heterocycles. The first-order valence-electron chi connectivity index (χ1n) is 13.6. The third-order valence-corrected chi connectivity index (χ3v) is 7.08. The molecule has 3 heteroatoms. The number of hydrogen-bond donors (Lipinski definition) is 0. The Hall–Kier alpha value is 0.110. The first-order valence-corrected chi connectivity index (χ1v) is 14.4. The van der Waals surface area contributed by atoms with Gasteiger partial charge in [0.1, 0.15) is 0 Å². The topological polar surface area (TPSA) is 3.24 Å². The van der Waals surface area contributed by atoms with E-state index in [9.17, 15) is 0 Å². The van der Waals surface area contributed by atoms with Gasteiger partial charge in [0.2, 0.25) is 0 Å². The Bertz CT molecular complexity index is 359. The van der Waals surface area contributed by atoms with Gasteiger partial charge in [-0.25, -0.2) is 0 Å². The lowest BCUT2D eigenvalue weighted by atomic mass is 9.99. The van der Waals surface area contributed by atoms with Crippen LogP contribution in [-0.2, 0) is 12.6 Å². The molecule has 0 amide bonds. The number of unbranched alkanes of at least 4 members (excludes halogenated alkanes) is 16. The van der Waals surface area contributed by atoms with Crippen molar-refractivity contribution in [1.29, 1.82) is 0 Å². The maximum absolute atomic E-state index is 5.35. The van der Waals surface area contributed by atoms with Crippen LogP contribution in [0.15, 0.2) is 0 Å². The van der Waals surface area contributed by atoms with Crippen molar-refractivity contribution in [3.63, 3.8) is 0 Å². The molecular formula is C27H54NS2-. The molecule has 0 aromatic rings. The summed E-state index contributed by atoms with van der Waals surface area (Å²) >= 11 is 10.7. The van der Waals surface area contributed by atoms with E-state index in [-0.39, 0.29) is 0 Å². The third kappa shape index (κ3) is 20.0. The van der Waals surface area contributed by atoms with Gasteiger partial charge in [0.05, 0.1) is 0 Å². The molecule has 0 saturated carbocycles.